The molecule has 2 aliphatic heterocycles. The molecule has 96 valence electrons. The Morgan fingerprint density at radius 1 is 1.35 bits per heavy atom. The highest BCUT2D eigenvalue weighted by atomic mass is 16.6. The predicted octanol–water partition coefficient (Wildman–Crippen LogP) is -0.434. The summed E-state index contributed by atoms with van der Waals surface area (Å²) >= 11 is 0. The van der Waals surface area contributed by atoms with Gasteiger partial charge in [0, 0.05) is 6.54 Å². The van der Waals surface area contributed by atoms with E-state index in [1.54, 1.807) is 4.90 Å². The number of likely N-dealkylation sites (tertiary alicyclic amines) is 1. The predicted molar refractivity (Wildman–Crippen MR) is 57.3 cm³/mol. The van der Waals surface area contributed by atoms with Crippen LogP contribution in [0.4, 0.5) is 0 Å². The van der Waals surface area contributed by atoms with Crippen LogP contribution in [0.15, 0.2) is 0 Å². The maximum Gasteiger partial charge on any atom is 0.328 e. The molecule has 0 aromatic carbocycles. The topological polar surface area (TPSA) is 65.1 Å². The first kappa shape index (κ1) is 12.3. The van der Waals surface area contributed by atoms with Crippen LogP contribution in [0, 0.1) is 0 Å². The molecule has 2 fully saturated rings. The fraction of sp³-hybridized carbons (Fsp3) is 0.818. The summed E-state index contributed by atoms with van der Waals surface area (Å²) in [7, 11) is 1.34. The molecule has 0 saturated carbocycles. The van der Waals surface area contributed by atoms with Crippen molar-refractivity contribution in [3.8, 4) is 0 Å². The molecule has 0 bridgehead atoms. The average Bonchev–Trinajstić information content (AvgIpc) is 2.87. The molecule has 0 spiro atoms. The zero-order valence-corrected chi connectivity index (χ0v) is 9.89. The van der Waals surface area contributed by atoms with Gasteiger partial charge in [-0.3, -0.25) is 4.79 Å². The average molecular weight is 243 g/mol. The Hall–Kier alpha value is -1.14. The van der Waals surface area contributed by atoms with Gasteiger partial charge in [-0.05, 0) is 12.8 Å². The van der Waals surface area contributed by atoms with Crippen molar-refractivity contribution < 1.29 is 23.8 Å². The molecule has 0 aliphatic carbocycles. The molecular formula is C11H17NO5. The maximum atomic E-state index is 12.1. The van der Waals surface area contributed by atoms with Crippen molar-refractivity contribution in [2.45, 2.75) is 25.0 Å². The van der Waals surface area contributed by atoms with Crippen LogP contribution >= 0.6 is 0 Å². The van der Waals surface area contributed by atoms with E-state index in [9.17, 15) is 9.59 Å². The Morgan fingerprint density at radius 2 is 2.18 bits per heavy atom. The highest BCUT2D eigenvalue weighted by Crippen LogP contribution is 2.20. The number of amides is 1. The number of carbonyl (C=O) groups is 2. The van der Waals surface area contributed by atoms with E-state index >= 15 is 0 Å². The van der Waals surface area contributed by atoms with Gasteiger partial charge in [0.05, 0.1) is 26.9 Å². The summed E-state index contributed by atoms with van der Waals surface area (Å²) < 4.78 is 15.2. The quantitative estimate of drug-likeness (QED) is 0.615. The first-order valence-corrected chi connectivity index (χ1v) is 5.81. The van der Waals surface area contributed by atoms with Crippen LogP contribution in [0.3, 0.4) is 0 Å². The molecule has 0 N–H and O–H groups in total. The number of ether oxygens (including phenoxy) is 3. The van der Waals surface area contributed by atoms with Gasteiger partial charge < -0.3 is 19.1 Å². The number of rotatable bonds is 2. The number of hydrogen-bond donors (Lipinski definition) is 0. The molecule has 2 aliphatic rings. The summed E-state index contributed by atoms with van der Waals surface area (Å²) in [4.78, 5) is 25.2. The molecule has 0 aromatic heterocycles. The highest BCUT2D eigenvalue weighted by molar-refractivity contribution is 5.87. The summed E-state index contributed by atoms with van der Waals surface area (Å²) in [5.41, 5.74) is 0. The van der Waals surface area contributed by atoms with Gasteiger partial charge in [0.15, 0.2) is 6.10 Å². The number of hydrogen-bond acceptors (Lipinski definition) is 5. The lowest BCUT2D eigenvalue weighted by Crippen LogP contribution is -2.49. The Labute approximate surface area is 99.8 Å². The lowest BCUT2D eigenvalue weighted by Gasteiger charge is -2.29. The van der Waals surface area contributed by atoms with E-state index in [4.69, 9.17) is 14.2 Å². The number of methoxy groups -OCH3 is 1. The van der Waals surface area contributed by atoms with Gasteiger partial charge in [-0.25, -0.2) is 4.79 Å². The molecule has 2 heterocycles. The van der Waals surface area contributed by atoms with E-state index in [1.807, 2.05) is 0 Å². The van der Waals surface area contributed by atoms with Crippen LogP contribution in [-0.2, 0) is 23.8 Å². The maximum absolute atomic E-state index is 12.1. The molecular weight excluding hydrogens is 226 g/mol. The summed E-state index contributed by atoms with van der Waals surface area (Å²) in [6.45, 7) is 1.79. The first-order chi connectivity index (χ1) is 8.24. The Bertz CT molecular complexity index is 300. The molecule has 2 saturated heterocycles. The molecule has 6 nitrogen and oxygen atoms in total. The van der Waals surface area contributed by atoms with Gasteiger partial charge in [0.25, 0.3) is 5.91 Å². The molecule has 2 rings (SSSR count). The van der Waals surface area contributed by atoms with Gasteiger partial charge >= 0.3 is 5.97 Å². The SMILES string of the molecule is COC(=O)C1CCCN1C(=O)C1COCCO1. The summed E-state index contributed by atoms with van der Waals surface area (Å²) in [5, 5.41) is 0. The van der Waals surface area contributed by atoms with Gasteiger partial charge in [-0.2, -0.15) is 0 Å². The monoisotopic (exact) mass is 243 g/mol. The molecule has 0 radical (unpaired) electrons. The highest BCUT2D eigenvalue weighted by Gasteiger charge is 2.38. The molecule has 1 amide bonds. The van der Waals surface area contributed by atoms with Crippen molar-refractivity contribution in [3.63, 3.8) is 0 Å². The standard InChI is InChI=1S/C11H17NO5/c1-15-11(14)8-3-2-4-12(8)10(13)9-7-16-5-6-17-9/h8-9H,2-7H2,1H3. The van der Waals surface area contributed by atoms with Crippen molar-refractivity contribution in [1.82, 2.24) is 4.90 Å². The minimum atomic E-state index is -0.575. The van der Waals surface area contributed by atoms with Crippen LogP contribution in [0.25, 0.3) is 0 Å². The third-order valence-corrected chi connectivity index (χ3v) is 3.10. The minimum Gasteiger partial charge on any atom is -0.467 e. The van der Waals surface area contributed by atoms with E-state index in [1.165, 1.54) is 7.11 Å². The number of nitrogens with zero attached hydrogens (tertiary/aromatic N) is 1. The van der Waals surface area contributed by atoms with Crippen LogP contribution < -0.4 is 0 Å². The van der Waals surface area contributed by atoms with E-state index in [0.717, 1.165) is 6.42 Å². The van der Waals surface area contributed by atoms with Crippen LogP contribution in [-0.4, -0.2) is 62.4 Å². The number of esters is 1. The molecule has 0 aromatic rings. The summed E-state index contributed by atoms with van der Waals surface area (Å²) in [6.07, 6.45) is 0.902. The normalized spacial score (nSPS) is 29.1. The van der Waals surface area contributed by atoms with E-state index in [-0.39, 0.29) is 18.5 Å². The van der Waals surface area contributed by atoms with Gasteiger partial charge in [-0.15, -0.1) is 0 Å². The van der Waals surface area contributed by atoms with E-state index < -0.39 is 12.1 Å². The lowest BCUT2D eigenvalue weighted by atomic mass is 10.2. The van der Waals surface area contributed by atoms with E-state index in [2.05, 4.69) is 0 Å². The Kier molecular flexibility index (Phi) is 3.96. The van der Waals surface area contributed by atoms with Crippen LogP contribution in [0.1, 0.15) is 12.8 Å². The molecule has 2 atom stereocenters. The largest absolute Gasteiger partial charge is 0.467 e. The zero-order valence-electron chi connectivity index (χ0n) is 9.89. The van der Waals surface area contributed by atoms with E-state index in [0.29, 0.717) is 26.2 Å². The van der Waals surface area contributed by atoms with Gasteiger partial charge in [0.1, 0.15) is 6.04 Å². The van der Waals surface area contributed by atoms with Crippen LogP contribution in [0.2, 0.25) is 0 Å². The zero-order chi connectivity index (χ0) is 12.3. The molecule has 6 heteroatoms. The fourth-order valence-corrected chi connectivity index (χ4v) is 2.23. The van der Waals surface area contributed by atoms with Crippen molar-refractivity contribution in [2.75, 3.05) is 33.5 Å². The second kappa shape index (κ2) is 5.46. The van der Waals surface area contributed by atoms with Crippen molar-refractivity contribution in [1.29, 1.82) is 0 Å². The molecule has 2 unspecified atom stereocenters. The summed E-state index contributed by atoms with van der Waals surface area (Å²) in [5.74, 6) is -0.523. The smallest absolute Gasteiger partial charge is 0.328 e. The molecule has 17 heavy (non-hydrogen) atoms. The Balaban J connectivity index is 1.99. The third kappa shape index (κ3) is 2.58. The third-order valence-electron chi connectivity index (χ3n) is 3.10. The fourth-order valence-electron chi connectivity index (χ4n) is 2.23. The van der Waals surface area contributed by atoms with Crippen molar-refractivity contribution in [3.05, 3.63) is 0 Å². The lowest BCUT2D eigenvalue weighted by molar-refractivity contribution is -0.164. The number of carbonyl (C=O) groups excluding carboxylic acids is 2. The summed E-state index contributed by atoms with van der Waals surface area (Å²) in [6, 6.07) is -0.460. The minimum absolute atomic E-state index is 0.169. The van der Waals surface area contributed by atoms with Gasteiger partial charge in [0.2, 0.25) is 0 Å². The van der Waals surface area contributed by atoms with Gasteiger partial charge in [-0.1, -0.05) is 0 Å². The van der Waals surface area contributed by atoms with Crippen LogP contribution in [0.5, 0.6) is 0 Å². The second-order valence-electron chi connectivity index (χ2n) is 4.15. The Morgan fingerprint density at radius 3 is 2.82 bits per heavy atom. The second-order valence-corrected chi connectivity index (χ2v) is 4.15. The van der Waals surface area contributed by atoms with Crippen molar-refractivity contribution >= 4 is 11.9 Å². The first-order valence-electron chi connectivity index (χ1n) is 5.81. The van der Waals surface area contributed by atoms with Crippen molar-refractivity contribution in [2.24, 2.45) is 0 Å².